The molecule has 3 rings (SSSR count). The molecule has 1 aliphatic heterocycles. The van der Waals surface area contributed by atoms with Gasteiger partial charge in [-0.1, -0.05) is 6.07 Å². The van der Waals surface area contributed by atoms with Crippen molar-refractivity contribution >= 4 is 0 Å². The molecule has 0 saturated heterocycles. The first-order valence-corrected chi connectivity index (χ1v) is 6.35. The minimum atomic E-state index is -0.360. The number of nitrogens with one attached hydrogen (secondary N) is 1. The molecule has 1 aromatic carbocycles. The second kappa shape index (κ2) is 4.97. The lowest BCUT2D eigenvalue weighted by Gasteiger charge is -2.17. The lowest BCUT2D eigenvalue weighted by molar-refractivity contribution is 0.438. The summed E-state index contributed by atoms with van der Waals surface area (Å²) in [5, 5.41) is 3.28. The van der Waals surface area contributed by atoms with Crippen LogP contribution in [-0.4, -0.2) is 11.5 Å². The lowest BCUT2D eigenvalue weighted by atomic mass is 10.1. The third-order valence-corrected chi connectivity index (χ3v) is 3.20. The number of ether oxygens (including phenoxy) is 1. The summed E-state index contributed by atoms with van der Waals surface area (Å²) in [5.41, 5.74) is 3.18. The van der Waals surface area contributed by atoms with Gasteiger partial charge in [0.1, 0.15) is 5.75 Å². The van der Waals surface area contributed by atoms with E-state index in [0.717, 1.165) is 36.3 Å². The fraction of sp³-hybridized carbons (Fsp3) is 0.267. The average molecular weight is 258 g/mol. The summed E-state index contributed by atoms with van der Waals surface area (Å²) in [6.45, 7) is 3.64. The topological polar surface area (TPSA) is 34.1 Å². The van der Waals surface area contributed by atoms with Crippen molar-refractivity contribution in [3.63, 3.8) is 0 Å². The zero-order valence-corrected chi connectivity index (χ0v) is 10.7. The molecule has 0 unspecified atom stereocenters. The van der Waals surface area contributed by atoms with Crippen LogP contribution in [0, 0.1) is 12.7 Å². The Kier molecular flexibility index (Phi) is 3.17. The summed E-state index contributed by atoms with van der Waals surface area (Å²) < 4.78 is 19.2. The van der Waals surface area contributed by atoms with Crippen molar-refractivity contribution in [1.29, 1.82) is 0 Å². The van der Waals surface area contributed by atoms with Gasteiger partial charge in [-0.2, -0.15) is 0 Å². The van der Waals surface area contributed by atoms with E-state index in [1.807, 2.05) is 13.0 Å². The molecule has 98 valence electrons. The number of hydrogen-bond donors (Lipinski definition) is 1. The molecule has 0 spiro atoms. The molecule has 2 aromatic rings. The third kappa shape index (κ3) is 2.58. The van der Waals surface area contributed by atoms with Gasteiger partial charge < -0.3 is 10.1 Å². The number of aryl methyl sites for hydroxylation is 1. The van der Waals surface area contributed by atoms with Crippen LogP contribution < -0.4 is 10.1 Å². The molecule has 0 saturated carbocycles. The van der Waals surface area contributed by atoms with Gasteiger partial charge in [0.2, 0.25) is 0 Å². The van der Waals surface area contributed by atoms with Gasteiger partial charge in [0.15, 0.2) is 11.6 Å². The molecule has 0 bridgehead atoms. The Balaban J connectivity index is 1.89. The summed E-state index contributed by atoms with van der Waals surface area (Å²) in [7, 11) is 0. The van der Waals surface area contributed by atoms with E-state index in [4.69, 9.17) is 4.74 Å². The summed E-state index contributed by atoms with van der Waals surface area (Å²) in [6, 6.07) is 6.75. The van der Waals surface area contributed by atoms with Crippen LogP contribution >= 0.6 is 0 Å². The van der Waals surface area contributed by atoms with E-state index in [0.29, 0.717) is 5.75 Å². The SMILES string of the molecule is Cc1ccc(F)c(Oc2cnc3c(c2)CNCC3)c1. The van der Waals surface area contributed by atoms with Crippen molar-refractivity contribution in [2.24, 2.45) is 0 Å². The second-order valence-corrected chi connectivity index (χ2v) is 4.74. The van der Waals surface area contributed by atoms with Gasteiger partial charge >= 0.3 is 0 Å². The van der Waals surface area contributed by atoms with E-state index < -0.39 is 0 Å². The van der Waals surface area contributed by atoms with Gasteiger partial charge in [-0.25, -0.2) is 4.39 Å². The number of hydrogen-bond acceptors (Lipinski definition) is 3. The fourth-order valence-corrected chi connectivity index (χ4v) is 2.20. The molecule has 3 nitrogen and oxygen atoms in total. The molecule has 1 aliphatic rings. The first-order valence-electron chi connectivity index (χ1n) is 6.35. The zero-order chi connectivity index (χ0) is 13.2. The highest BCUT2D eigenvalue weighted by molar-refractivity contribution is 5.37. The summed E-state index contributed by atoms with van der Waals surface area (Å²) in [6.07, 6.45) is 2.58. The highest BCUT2D eigenvalue weighted by Crippen LogP contribution is 2.26. The Bertz CT molecular complexity index is 613. The molecule has 1 aromatic heterocycles. The van der Waals surface area contributed by atoms with Crippen LogP contribution in [-0.2, 0) is 13.0 Å². The van der Waals surface area contributed by atoms with Crippen molar-refractivity contribution in [1.82, 2.24) is 10.3 Å². The Morgan fingerprint density at radius 2 is 2.21 bits per heavy atom. The standard InChI is InChI=1S/C15H15FN2O/c1-10-2-3-13(16)15(6-10)19-12-7-11-8-17-5-4-14(11)18-9-12/h2-3,6-7,9,17H,4-5,8H2,1H3. The van der Waals surface area contributed by atoms with Crippen molar-refractivity contribution in [2.45, 2.75) is 19.9 Å². The van der Waals surface area contributed by atoms with E-state index >= 15 is 0 Å². The minimum absolute atomic E-state index is 0.241. The number of halogens is 1. The fourth-order valence-electron chi connectivity index (χ4n) is 2.20. The van der Waals surface area contributed by atoms with Crippen LogP contribution in [0.3, 0.4) is 0 Å². The molecular formula is C15H15FN2O. The number of aromatic nitrogens is 1. The number of pyridine rings is 1. The highest BCUT2D eigenvalue weighted by Gasteiger charge is 2.12. The molecule has 1 N–H and O–H groups in total. The maximum absolute atomic E-state index is 13.6. The molecule has 19 heavy (non-hydrogen) atoms. The predicted octanol–water partition coefficient (Wildman–Crippen LogP) is 2.97. The van der Waals surface area contributed by atoms with Gasteiger partial charge in [-0.15, -0.1) is 0 Å². The maximum Gasteiger partial charge on any atom is 0.165 e. The van der Waals surface area contributed by atoms with Crippen LogP contribution in [0.2, 0.25) is 0 Å². The van der Waals surface area contributed by atoms with Crippen LogP contribution in [0.5, 0.6) is 11.5 Å². The number of benzene rings is 1. The molecule has 0 atom stereocenters. The molecule has 0 fully saturated rings. The largest absolute Gasteiger partial charge is 0.453 e. The van der Waals surface area contributed by atoms with E-state index in [1.54, 1.807) is 18.3 Å². The quantitative estimate of drug-likeness (QED) is 0.899. The predicted molar refractivity (Wildman–Crippen MR) is 70.9 cm³/mol. The van der Waals surface area contributed by atoms with E-state index in [-0.39, 0.29) is 11.6 Å². The van der Waals surface area contributed by atoms with Gasteiger partial charge in [0, 0.05) is 25.2 Å². The van der Waals surface area contributed by atoms with Crippen LogP contribution in [0.1, 0.15) is 16.8 Å². The monoisotopic (exact) mass is 258 g/mol. The Morgan fingerprint density at radius 3 is 3.11 bits per heavy atom. The number of fused-ring (bicyclic) bond motifs is 1. The Labute approximate surface area is 111 Å². The van der Waals surface area contributed by atoms with E-state index in [9.17, 15) is 4.39 Å². The van der Waals surface area contributed by atoms with Crippen LogP contribution in [0.25, 0.3) is 0 Å². The van der Waals surface area contributed by atoms with E-state index in [1.165, 1.54) is 6.07 Å². The van der Waals surface area contributed by atoms with Gasteiger partial charge in [-0.05, 0) is 36.2 Å². The summed E-state index contributed by atoms with van der Waals surface area (Å²) in [4.78, 5) is 4.38. The number of nitrogens with zero attached hydrogens (tertiary/aromatic N) is 1. The molecular weight excluding hydrogens is 243 g/mol. The average Bonchev–Trinajstić information content (AvgIpc) is 2.43. The smallest absolute Gasteiger partial charge is 0.165 e. The Morgan fingerprint density at radius 1 is 1.32 bits per heavy atom. The van der Waals surface area contributed by atoms with Crippen molar-refractivity contribution in [3.8, 4) is 11.5 Å². The Hall–Kier alpha value is -1.94. The van der Waals surface area contributed by atoms with Crippen LogP contribution in [0.15, 0.2) is 30.5 Å². The summed E-state index contributed by atoms with van der Waals surface area (Å²) in [5.74, 6) is 0.457. The van der Waals surface area contributed by atoms with Crippen molar-refractivity contribution < 1.29 is 9.13 Å². The minimum Gasteiger partial charge on any atom is -0.453 e. The third-order valence-electron chi connectivity index (χ3n) is 3.20. The van der Waals surface area contributed by atoms with Gasteiger partial charge in [0.25, 0.3) is 0 Å². The molecule has 2 heterocycles. The highest BCUT2D eigenvalue weighted by atomic mass is 19.1. The van der Waals surface area contributed by atoms with Crippen molar-refractivity contribution in [3.05, 3.63) is 53.1 Å². The van der Waals surface area contributed by atoms with Gasteiger partial charge in [0.05, 0.1) is 6.20 Å². The molecule has 0 amide bonds. The lowest BCUT2D eigenvalue weighted by Crippen LogP contribution is -2.24. The number of rotatable bonds is 2. The molecule has 4 heteroatoms. The maximum atomic E-state index is 13.6. The molecule has 0 aliphatic carbocycles. The first kappa shape index (κ1) is 12.1. The first-order chi connectivity index (χ1) is 9.22. The van der Waals surface area contributed by atoms with E-state index in [2.05, 4.69) is 10.3 Å². The zero-order valence-electron chi connectivity index (χ0n) is 10.7. The van der Waals surface area contributed by atoms with Crippen molar-refractivity contribution in [2.75, 3.05) is 6.54 Å². The molecule has 0 radical (unpaired) electrons. The second-order valence-electron chi connectivity index (χ2n) is 4.74. The van der Waals surface area contributed by atoms with Gasteiger partial charge in [-0.3, -0.25) is 4.98 Å². The van der Waals surface area contributed by atoms with Crippen LogP contribution in [0.4, 0.5) is 4.39 Å². The normalized spacial score (nSPS) is 14.0. The summed E-state index contributed by atoms with van der Waals surface area (Å²) >= 11 is 0.